The van der Waals surface area contributed by atoms with E-state index in [1.165, 1.54) is 0 Å². The molecule has 0 radical (unpaired) electrons. The number of primary amides is 1. The largest absolute Gasteiger partial charge is 0.378 e. The molecule has 2 atom stereocenters. The highest BCUT2D eigenvalue weighted by molar-refractivity contribution is 7.71. The van der Waals surface area contributed by atoms with Gasteiger partial charge in [0, 0.05) is 30.9 Å². The van der Waals surface area contributed by atoms with Crippen molar-refractivity contribution in [3.8, 4) is 0 Å². The molecule has 7 heteroatoms. The fourth-order valence-electron chi connectivity index (χ4n) is 2.38. The highest BCUT2D eigenvalue weighted by Crippen LogP contribution is 2.26. The van der Waals surface area contributed by atoms with Crippen LogP contribution >= 0.6 is 23.8 Å². The van der Waals surface area contributed by atoms with Gasteiger partial charge < -0.3 is 20.0 Å². The van der Waals surface area contributed by atoms with Gasteiger partial charge in [-0.15, -0.1) is 11.6 Å². The summed E-state index contributed by atoms with van der Waals surface area (Å²) in [4.78, 5) is 14.7. The van der Waals surface area contributed by atoms with E-state index in [1.807, 2.05) is 10.8 Å². The molecule has 2 heterocycles. The summed E-state index contributed by atoms with van der Waals surface area (Å²) in [5.41, 5.74) is 6.24. The number of aromatic nitrogens is 2. The van der Waals surface area contributed by atoms with E-state index in [1.54, 1.807) is 0 Å². The summed E-state index contributed by atoms with van der Waals surface area (Å²) < 4.78 is 7.95. The van der Waals surface area contributed by atoms with E-state index in [2.05, 4.69) is 4.98 Å². The molecule has 0 aromatic carbocycles. The number of aromatic amines is 1. The van der Waals surface area contributed by atoms with Gasteiger partial charge in [0.1, 0.15) is 0 Å². The predicted octanol–water partition coefficient (Wildman–Crippen LogP) is 1.92. The first-order valence-corrected chi connectivity index (χ1v) is 7.32. The Hall–Kier alpha value is -0.850. The Labute approximate surface area is 122 Å². The average molecular weight is 304 g/mol. The van der Waals surface area contributed by atoms with Crippen LogP contribution in [0.1, 0.15) is 30.9 Å². The molecular formula is C12H18ClN3O2S. The molecule has 1 fully saturated rings. The van der Waals surface area contributed by atoms with Crippen molar-refractivity contribution in [2.75, 3.05) is 12.5 Å². The third-order valence-electron chi connectivity index (χ3n) is 3.37. The van der Waals surface area contributed by atoms with Crippen LogP contribution in [0, 0.1) is 4.77 Å². The number of rotatable bonds is 6. The summed E-state index contributed by atoms with van der Waals surface area (Å²) in [6.45, 7) is 1.38. The number of halogens is 1. The molecule has 19 heavy (non-hydrogen) atoms. The molecule has 5 nitrogen and oxygen atoms in total. The normalized spacial score (nSPS) is 20.6. The standard InChI is InChI=1S/C12H18ClN3O2S/c13-3-4-16-7-10(15-12(16)19)9(11(14)17)6-8-2-1-5-18-8/h7-9H,1-6H2,(H2,14,17)(H,15,19). The summed E-state index contributed by atoms with van der Waals surface area (Å²) in [6, 6.07) is 0. The van der Waals surface area contributed by atoms with Crippen LogP contribution in [0.3, 0.4) is 0 Å². The molecule has 1 aromatic heterocycles. The molecule has 1 amide bonds. The van der Waals surface area contributed by atoms with Crippen molar-refractivity contribution in [3.63, 3.8) is 0 Å². The lowest BCUT2D eigenvalue weighted by Gasteiger charge is -2.16. The monoisotopic (exact) mass is 303 g/mol. The van der Waals surface area contributed by atoms with Gasteiger partial charge in [0.25, 0.3) is 0 Å². The fraction of sp³-hybridized carbons (Fsp3) is 0.667. The van der Waals surface area contributed by atoms with Crippen LogP contribution in [0.2, 0.25) is 0 Å². The Morgan fingerprint density at radius 1 is 1.74 bits per heavy atom. The fourth-order valence-corrected chi connectivity index (χ4v) is 2.82. The van der Waals surface area contributed by atoms with Crippen LogP contribution < -0.4 is 5.73 Å². The predicted molar refractivity (Wildman–Crippen MR) is 75.9 cm³/mol. The van der Waals surface area contributed by atoms with E-state index in [0.29, 0.717) is 23.6 Å². The summed E-state index contributed by atoms with van der Waals surface area (Å²) in [5, 5.41) is 0. The van der Waals surface area contributed by atoms with Gasteiger partial charge in [-0.3, -0.25) is 4.79 Å². The molecule has 0 spiro atoms. The zero-order valence-corrected chi connectivity index (χ0v) is 12.2. The van der Waals surface area contributed by atoms with Gasteiger partial charge in [0.2, 0.25) is 5.91 Å². The summed E-state index contributed by atoms with van der Waals surface area (Å²) in [7, 11) is 0. The van der Waals surface area contributed by atoms with Gasteiger partial charge in [-0.2, -0.15) is 0 Å². The first-order valence-electron chi connectivity index (χ1n) is 6.38. The van der Waals surface area contributed by atoms with Crippen molar-refractivity contribution in [1.29, 1.82) is 0 Å². The van der Waals surface area contributed by atoms with Crippen molar-refractivity contribution < 1.29 is 9.53 Å². The number of alkyl halides is 1. The minimum Gasteiger partial charge on any atom is -0.378 e. The third-order valence-corrected chi connectivity index (χ3v) is 3.88. The minimum absolute atomic E-state index is 0.107. The van der Waals surface area contributed by atoms with Crippen molar-refractivity contribution in [2.24, 2.45) is 5.73 Å². The molecule has 0 saturated carbocycles. The Morgan fingerprint density at radius 2 is 2.53 bits per heavy atom. The minimum atomic E-state index is -0.388. The molecule has 2 rings (SSSR count). The number of aryl methyl sites for hydroxylation is 1. The van der Waals surface area contributed by atoms with E-state index >= 15 is 0 Å². The number of ether oxygens (including phenoxy) is 1. The summed E-state index contributed by atoms with van der Waals surface area (Å²) >= 11 is 10.9. The Kier molecular flexibility index (Phi) is 5.01. The number of amides is 1. The van der Waals surface area contributed by atoms with E-state index in [9.17, 15) is 4.79 Å². The smallest absolute Gasteiger partial charge is 0.226 e. The number of nitrogens with one attached hydrogen (secondary N) is 1. The zero-order valence-electron chi connectivity index (χ0n) is 10.6. The second-order valence-corrected chi connectivity index (χ2v) is 5.49. The number of carbonyl (C=O) groups is 1. The van der Waals surface area contributed by atoms with Crippen LogP contribution in [-0.4, -0.2) is 34.0 Å². The van der Waals surface area contributed by atoms with Crippen molar-refractivity contribution in [3.05, 3.63) is 16.7 Å². The Balaban J connectivity index is 2.16. The van der Waals surface area contributed by atoms with Gasteiger partial charge in [-0.1, -0.05) is 0 Å². The van der Waals surface area contributed by atoms with Gasteiger partial charge in [0.05, 0.1) is 12.0 Å². The van der Waals surface area contributed by atoms with Crippen LogP contribution in [0.5, 0.6) is 0 Å². The first-order chi connectivity index (χ1) is 9.11. The number of nitrogens with zero attached hydrogens (tertiary/aromatic N) is 1. The first kappa shape index (κ1) is 14.6. The maximum atomic E-state index is 11.6. The SMILES string of the molecule is NC(=O)C(CC1CCCO1)c1cn(CCCl)c(=S)[nH]1. The van der Waals surface area contributed by atoms with Crippen LogP contribution in [0.4, 0.5) is 0 Å². The van der Waals surface area contributed by atoms with Crippen LogP contribution in [0.25, 0.3) is 0 Å². The molecule has 0 bridgehead atoms. The third kappa shape index (κ3) is 3.58. The highest BCUT2D eigenvalue weighted by atomic mass is 35.5. The number of hydrogen-bond acceptors (Lipinski definition) is 3. The van der Waals surface area contributed by atoms with E-state index in [4.69, 9.17) is 34.3 Å². The lowest BCUT2D eigenvalue weighted by atomic mass is 9.96. The molecule has 2 unspecified atom stereocenters. The molecule has 1 aliphatic heterocycles. The Bertz CT molecular complexity index is 493. The van der Waals surface area contributed by atoms with E-state index in [0.717, 1.165) is 25.1 Å². The van der Waals surface area contributed by atoms with E-state index < -0.39 is 0 Å². The lowest BCUT2D eigenvalue weighted by Crippen LogP contribution is -2.25. The topological polar surface area (TPSA) is 73.0 Å². The maximum Gasteiger partial charge on any atom is 0.226 e. The van der Waals surface area contributed by atoms with Gasteiger partial charge in [-0.25, -0.2) is 0 Å². The summed E-state index contributed by atoms with van der Waals surface area (Å²) in [6.07, 6.45) is 4.56. The number of nitrogens with two attached hydrogens (primary N) is 1. The van der Waals surface area contributed by atoms with Crippen LogP contribution in [-0.2, 0) is 16.1 Å². The quantitative estimate of drug-likeness (QED) is 0.623. The number of H-pyrrole nitrogens is 1. The molecule has 1 aliphatic rings. The van der Waals surface area contributed by atoms with Gasteiger partial charge in [0.15, 0.2) is 4.77 Å². The van der Waals surface area contributed by atoms with Gasteiger partial charge >= 0.3 is 0 Å². The number of hydrogen-bond donors (Lipinski definition) is 2. The number of imidazole rings is 1. The van der Waals surface area contributed by atoms with E-state index in [-0.39, 0.29) is 17.9 Å². The average Bonchev–Trinajstić information content (AvgIpc) is 2.97. The summed E-state index contributed by atoms with van der Waals surface area (Å²) in [5.74, 6) is -0.273. The molecule has 3 N–H and O–H groups in total. The highest BCUT2D eigenvalue weighted by Gasteiger charge is 2.27. The second kappa shape index (κ2) is 6.54. The maximum absolute atomic E-state index is 11.6. The van der Waals surface area contributed by atoms with Crippen LogP contribution in [0.15, 0.2) is 6.20 Å². The second-order valence-electron chi connectivity index (χ2n) is 4.72. The van der Waals surface area contributed by atoms with Crippen molar-refractivity contribution in [2.45, 2.75) is 37.8 Å². The molecule has 1 aromatic rings. The molecule has 106 valence electrons. The molecule has 0 aliphatic carbocycles. The number of carbonyl (C=O) groups excluding carboxylic acids is 1. The lowest BCUT2D eigenvalue weighted by molar-refractivity contribution is -0.120. The zero-order chi connectivity index (χ0) is 13.8. The van der Waals surface area contributed by atoms with Gasteiger partial charge in [-0.05, 0) is 31.5 Å². The van der Waals surface area contributed by atoms with Crippen molar-refractivity contribution >= 4 is 29.7 Å². The Morgan fingerprint density at radius 3 is 3.11 bits per heavy atom. The van der Waals surface area contributed by atoms with Crippen molar-refractivity contribution in [1.82, 2.24) is 9.55 Å². The molecular weight excluding hydrogens is 286 g/mol. The molecule has 1 saturated heterocycles.